The van der Waals surface area contributed by atoms with Crippen LogP contribution in [0, 0.1) is 5.92 Å². The topological polar surface area (TPSA) is 40.5 Å². The summed E-state index contributed by atoms with van der Waals surface area (Å²) in [5, 5.41) is 8.58. The minimum Gasteiger partial charge on any atom is -0.481 e. The smallest absolute Gasteiger partial charge is 0.303 e. The molecule has 0 bridgehead atoms. The van der Waals surface area contributed by atoms with E-state index in [-0.39, 0.29) is 12.4 Å². The Morgan fingerprint density at radius 3 is 2.43 bits per heavy atom. The molecule has 0 aromatic carbocycles. The van der Waals surface area contributed by atoms with E-state index in [4.69, 9.17) is 5.11 Å². The summed E-state index contributed by atoms with van der Waals surface area (Å²) in [6, 6.07) is 1.14. The lowest BCUT2D eigenvalue weighted by Crippen LogP contribution is -2.30. The summed E-state index contributed by atoms with van der Waals surface area (Å²) in [5.41, 5.74) is 0. The first-order valence-corrected chi connectivity index (χ1v) is 4.96. The van der Waals surface area contributed by atoms with E-state index in [9.17, 15) is 4.79 Å². The van der Waals surface area contributed by atoms with Gasteiger partial charge in [-0.15, -0.1) is 12.4 Å². The first kappa shape index (κ1) is 13.7. The summed E-state index contributed by atoms with van der Waals surface area (Å²) >= 11 is 0. The van der Waals surface area contributed by atoms with Crippen LogP contribution in [0.15, 0.2) is 0 Å². The van der Waals surface area contributed by atoms with Gasteiger partial charge in [-0.2, -0.15) is 0 Å². The van der Waals surface area contributed by atoms with Gasteiger partial charge in [-0.3, -0.25) is 4.79 Å². The molecule has 1 rings (SSSR count). The van der Waals surface area contributed by atoms with Crippen LogP contribution in [0.4, 0.5) is 0 Å². The second-order valence-electron chi connectivity index (χ2n) is 4.18. The maximum absolute atomic E-state index is 10.4. The molecule has 84 valence electrons. The largest absolute Gasteiger partial charge is 0.481 e. The molecule has 0 aromatic heterocycles. The first-order valence-electron chi connectivity index (χ1n) is 4.96. The van der Waals surface area contributed by atoms with Crippen LogP contribution in [0.1, 0.15) is 33.1 Å². The van der Waals surface area contributed by atoms with Crippen LogP contribution >= 0.6 is 12.4 Å². The number of aliphatic carboxylic acids is 1. The highest BCUT2D eigenvalue weighted by Crippen LogP contribution is 2.31. The molecule has 14 heavy (non-hydrogen) atoms. The summed E-state index contributed by atoms with van der Waals surface area (Å²) in [6.07, 6.45) is 2.28. The second-order valence-corrected chi connectivity index (χ2v) is 4.18. The number of hydrogen-bond acceptors (Lipinski definition) is 2. The third-order valence-corrected chi connectivity index (χ3v) is 3.39. The zero-order chi connectivity index (χ0) is 10.0. The van der Waals surface area contributed by atoms with Crippen LogP contribution in [0.25, 0.3) is 0 Å². The van der Waals surface area contributed by atoms with E-state index >= 15 is 0 Å². The van der Waals surface area contributed by atoms with Gasteiger partial charge in [0.1, 0.15) is 0 Å². The first-order chi connectivity index (χ1) is 6.02. The molecule has 3 nitrogen and oxygen atoms in total. The van der Waals surface area contributed by atoms with Gasteiger partial charge in [0.2, 0.25) is 0 Å². The fourth-order valence-corrected chi connectivity index (χ4v) is 2.20. The molecule has 0 aromatic rings. The molecular formula is C10H20ClNO2. The van der Waals surface area contributed by atoms with Crippen molar-refractivity contribution in [1.82, 2.24) is 4.90 Å². The number of nitrogens with zero attached hydrogens (tertiary/aromatic N) is 1. The standard InChI is InChI=1S/C10H19NO2.ClH/c1-7-6-9(4-5-10(12)13)8(2)11(7)3;/h7-9H,4-6H2,1-3H3,(H,12,13);1H. The van der Waals surface area contributed by atoms with E-state index in [1.807, 2.05) is 0 Å². The number of likely N-dealkylation sites (tertiary alicyclic amines) is 1. The van der Waals surface area contributed by atoms with Gasteiger partial charge in [0.05, 0.1) is 0 Å². The van der Waals surface area contributed by atoms with Crippen molar-refractivity contribution in [2.24, 2.45) is 5.92 Å². The predicted octanol–water partition coefficient (Wildman–Crippen LogP) is 2.00. The lowest BCUT2D eigenvalue weighted by molar-refractivity contribution is -0.137. The molecule has 0 saturated carbocycles. The van der Waals surface area contributed by atoms with Gasteiger partial charge in [0, 0.05) is 18.5 Å². The van der Waals surface area contributed by atoms with Gasteiger partial charge in [0.15, 0.2) is 0 Å². The summed E-state index contributed by atoms with van der Waals surface area (Å²) < 4.78 is 0. The van der Waals surface area contributed by atoms with E-state index in [0.29, 0.717) is 24.4 Å². The lowest BCUT2D eigenvalue weighted by Gasteiger charge is -2.21. The minimum absolute atomic E-state index is 0. The molecule has 1 fully saturated rings. The van der Waals surface area contributed by atoms with Crippen molar-refractivity contribution in [3.05, 3.63) is 0 Å². The number of carboxylic acid groups (broad SMARTS) is 1. The average molecular weight is 222 g/mol. The maximum atomic E-state index is 10.4. The minimum atomic E-state index is -0.672. The molecule has 3 atom stereocenters. The molecule has 0 amide bonds. The van der Waals surface area contributed by atoms with Gasteiger partial charge in [-0.05, 0) is 39.7 Å². The Kier molecular flexibility index (Phi) is 5.45. The third-order valence-electron chi connectivity index (χ3n) is 3.39. The fourth-order valence-electron chi connectivity index (χ4n) is 2.20. The predicted molar refractivity (Wildman–Crippen MR) is 58.9 cm³/mol. The Hall–Kier alpha value is -0.280. The Morgan fingerprint density at radius 1 is 1.50 bits per heavy atom. The van der Waals surface area contributed by atoms with Gasteiger partial charge in [0.25, 0.3) is 0 Å². The monoisotopic (exact) mass is 221 g/mol. The zero-order valence-electron chi connectivity index (χ0n) is 9.06. The molecule has 0 spiro atoms. The molecule has 1 N–H and O–H groups in total. The molecule has 0 radical (unpaired) electrons. The fraction of sp³-hybridized carbons (Fsp3) is 0.900. The van der Waals surface area contributed by atoms with Crippen molar-refractivity contribution in [3.8, 4) is 0 Å². The number of carboxylic acids is 1. The Balaban J connectivity index is 0.00000169. The van der Waals surface area contributed by atoms with E-state index < -0.39 is 5.97 Å². The Morgan fingerprint density at radius 2 is 2.07 bits per heavy atom. The Labute approximate surface area is 91.9 Å². The second kappa shape index (κ2) is 5.56. The van der Waals surface area contributed by atoms with Crippen LogP contribution in [0.3, 0.4) is 0 Å². The molecule has 1 aliphatic heterocycles. The van der Waals surface area contributed by atoms with Crippen molar-refractivity contribution in [3.63, 3.8) is 0 Å². The molecule has 3 unspecified atom stereocenters. The number of rotatable bonds is 3. The van der Waals surface area contributed by atoms with Crippen molar-refractivity contribution in [2.75, 3.05) is 7.05 Å². The molecular weight excluding hydrogens is 202 g/mol. The van der Waals surface area contributed by atoms with E-state index in [2.05, 4.69) is 25.8 Å². The summed E-state index contributed by atoms with van der Waals surface area (Å²) in [6.45, 7) is 4.40. The molecule has 0 aliphatic carbocycles. The van der Waals surface area contributed by atoms with Gasteiger partial charge in [-0.25, -0.2) is 0 Å². The SMILES string of the molecule is CC1CC(CCC(=O)O)C(C)N1C.Cl. The summed E-state index contributed by atoms with van der Waals surface area (Å²) in [4.78, 5) is 12.8. The summed E-state index contributed by atoms with van der Waals surface area (Å²) in [7, 11) is 2.12. The number of carbonyl (C=O) groups is 1. The van der Waals surface area contributed by atoms with Crippen molar-refractivity contribution < 1.29 is 9.90 Å². The summed E-state index contributed by atoms with van der Waals surface area (Å²) in [5.74, 6) is -0.106. The highest BCUT2D eigenvalue weighted by Gasteiger charge is 2.33. The molecule has 1 aliphatic rings. The van der Waals surface area contributed by atoms with Crippen LogP contribution in [0.5, 0.6) is 0 Å². The van der Waals surface area contributed by atoms with Gasteiger partial charge in [-0.1, -0.05) is 0 Å². The maximum Gasteiger partial charge on any atom is 0.303 e. The van der Waals surface area contributed by atoms with E-state index in [1.54, 1.807) is 0 Å². The zero-order valence-corrected chi connectivity index (χ0v) is 9.88. The third kappa shape index (κ3) is 3.14. The van der Waals surface area contributed by atoms with Crippen molar-refractivity contribution >= 4 is 18.4 Å². The van der Waals surface area contributed by atoms with Crippen LogP contribution in [0.2, 0.25) is 0 Å². The molecule has 4 heteroatoms. The van der Waals surface area contributed by atoms with Crippen molar-refractivity contribution in [2.45, 2.75) is 45.2 Å². The molecule has 1 heterocycles. The van der Waals surface area contributed by atoms with E-state index in [0.717, 1.165) is 12.8 Å². The molecule has 1 saturated heterocycles. The van der Waals surface area contributed by atoms with Gasteiger partial charge < -0.3 is 10.0 Å². The highest BCUT2D eigenvalue weighted by atomic mass is 35.5. The van der Waals surface area contributed by atoms with Gasteiger partial charge >= 0.3 is 5.97 Å². The lowest BCUT2D eigenvalue weighted by atomic mass is 9.95. The highest BCUT2D eigenvalue weighted by molar-refractivity contribution is 5.85. The average Bonchev–Trinajstić information content (AvgIpc) is 2.29. The number of halogens is 1. The normalized spacial score (nSPS) is 32.6. The Bertz CT molecular complexity index is 199. The quantitative estimate of drug-likeness (QED) is 0.793. The van der Waals surface area contributed by atoms with Crippen molar-refractivity contribution in [1.29, 1.82) is 0 Å². The number of hydrogen-bond donors (Lipinski definition) is 1. The van der Waals surface area contributed by atoms with Crippen LogP contribution in [-0.2, 0) is 4.79 Å². The van der Waals surface area contributed by atoms with Crippen LogP contribution in [-0.4, -0.2) is 35.1 Å². The van der Waals surface area contributed by atoms with Crippen LogP contribution < -0.4 is 0 Å². The van der Waals surface area contributed by atoms with E-state index in [1.165, 1.54) is 0 Å².